The van der Waals surface area contributed by atoms with Crippen LogP contribution in [0.25, 0.3) is 0 Å². The topological polar surface area (TPSA) is 126 Å². The maximum Gasteiger partial charge on any atom is 0.223 e. The Hall–Kier alpha value is -2.91. The number of halogens is 2. The van der Waals surface area contributed by atoms with E-state index in [2.05, 4.69) is 9.98 Å². The van der Waals surface area contributed by atoms with Crippen LogP contribution in [0.15, 0.2) is 22.1 Å². The summed E-state index contributed by atoms with van der Waals surface area (Å²) in [5.41, 5.74) is 15.5. The molecule has 2 rings (SSSR count). The minimum absolute atomic E-state index is 0.0429. The summed E-state index contributed by atoms with van der Waals surface area (Å²) in [6, 6.07) is 2.09. The number of piperazine rings is 1. The van der Waals surface area contributed by atoms with Crippen LogP contribution in [0.5, 0.6) is 0 Å². The lowest BCUT2D eigenvalue weighted by atomic mass is 10.2. The summed E-state index contributed by atoms with van der Waals surface area (Å²) in [6.07, 6.45) is 0. The number of hydrogen-bond acceptors (Lipinski definition) is 3. The van der Waals surface area contributed by atoms with E-state index in [1.807, 2.05) is 0 Å². The second kappa shape index (κ2) is 7.11. The van der Waals surface area contributed by atoms with Gasteiger partial charge in [0.25, 0.3) is 0 Å². The van der Waals surface area contributed by atoms with Crippen molar-refractivity contribution >= 4 is 29.2 Å². The first kappa shape index (κ1) is 17.4. The van der Waals surface area contributed by atoms with E-state index in [4.69, 9.17) is 17.2 Å². The molecule has 1 amide bonds. The number of rotatable bonds is 2. The number of hydrogen-bond donors (Lipinski definition) is 3. The van der Waals surface area contributed by atoms with E-state index >= 15 is 0 Å². The molecule has 1 saturated heterocycles. The fourth-order valence-corrected chi connectivity index (χ4v) is 2.45. The number of guanidine groups is 2. The Morgan fingerprint density at radius 2 is 1.62 bits per heavy atom. The van der Waals surface area contributed by atoms with Crippen molar-refractivity contribution in [3.63, 3.8) is 0 Å². The Kier molecular flexibility index (Phi) is 5.17. The quantitative estimate of drug-likeness (QED) is 0.510. The van der Waals surface area contributed by atoms with E-state index < -0.39 is 11.6 Å². The number of carbonyl (C=O) groups is 1. The average molecular weight is 339 g/mol. The monoisotopic (exact) mass is 339 g/mol. The van der Waals surface area contributed by atoms with Gasteiger partial charge in [-0.05, 0) is 0 Å². The zero-order valence-electron chi connectivity index (χ0n) is 13.2. The molecule has 6 N–H and O–H groups in total. The van der Waals surface area contributed by atoms with Crippen LogP contribution < -0.4 is 22.1 Å². The molecule has 0 aliphatic carbocycles. The molecule has 0 spiro atoms. The van der Waals surface area contributed by atoms with Crippen molar-refractivity contribution in [2.24, 2.45) is 27.2 Å². The molecule has 1 aromatic rings. The lowest BCUT2D eigenvalue weighted by Gasteiger charge is -2.35. The smallest absolute Gasteiger partial charge is 0.223 e. The summed E-state index contributed by atoms with van der Waals surface area (Å²) in [5.74, 6) is -2.23. The summed E-state index contributed by atoms with van der Waals surface area (Å²) >= 11 is 0. The van der Waals surface area contributed by atoms with Crippen molar-refractivity contribution in [2.75, 3.05) is 31.1 Å². The van der Waals surface area contributed by atoms with Gasteiger partial charge in [-0.2, -0.15) is 4.99 Å². The zero-order chi connectivity index (χ0) is 17.9. The summed E-state index contributed by atoms with van der Waals surface area (Å²) < 4.78 is 28.6. The molecule has 0 unspecified atom stereocenters. The van der Waals surface area contributed by atoms with Gasteiger partial charge in [0.05, 0.1) is 5.69 Å². The summed E-state index contributed by atoms with van der Waals surface area (Å²) in [4.78, 5) is 21.7. The van der Waals surface area contributed by atoms with Gasteiger partial charge < -0.3 is 27.0 Å². The Labute approximate surface area is 137 Å². The fraction of sp³-hybridized carbons (Fsp3) is 0.357. The standard InChI is InChI=1S/C14H19F2N7O/c1-8(24)22-2-4-23(5-3-22)12-10(15)6-9(7-11(12)16)20-14(19)21-13(17)18/h6-7H,2-5H2,1H3,(H6,17,18,19,20,21). The summed E-state index contributed by atoms with van der Waals surface area (Å²) in [5, 5.41) is 0. The van der Waals surface area contributed by atoms with Crippen molar-refractivity contribution in [1.29, 1.82) is 0 Å². The summed E-state index contributed by atoms with van der Waals surface area (Å²) in [6.45, 7) is 2.96. The van der Waals surface area contributed by atoms with Crippen LogP contribution in [0.4, 0.5) is 20.2 Å². The van der Waals surface area contributed by atoms with E-state index in [1.54, 1.807) is 9.80 Å². The van der Waals surface area contributed by atoms with Gasteiger partial charge in [-0.25, -0.2) is 13.8 Å². The van der Waals surface area contributed by atoms with Gasteiger partial charge in [0, 0.05) is 45.2 Å². The van der Waals surface area contributed by atoms with Crippen LogP contribution in [0.2, 0.25) is 0 Å². The minimum Gasteiger partial charge on any atom is -0.370 e. The van der Waals surface area contributed by atoms with E-state index in [0.717, 1.165) is 12.1 Å². The van der Waals surface area contributed by atoms with E-state index in [1.165, 1.54) is 6.92 Å². The molecule has 0 bridgehead atoms. The first-order chi connectivity index (χ1) is 11.3. The number of anilines is 1. The van der Waals surface area contributed by atoms with Crippen molar-refractivity contribution < 1.29 is 13.6 Å². The highest BCUT2D eigenvalue weighted by atomic mass is 19.1. The van der Waals surface area contributed by atoms with Crippen LogP contribution in [0, 0.1) is 11.6 Å². The van der Waals surface area contributed by atoms with Crippen LogP contribution in [0.1, 0.15) is 6.92 Å². The average Bonchev–Trinajstić information content (AvgIpc) is 2.46. The minimum atomic E-state index is -0.775. The van der Waals surface area contributed by atoms with Gasteiger partial charge in [-0.3, -0.25) is 4.79 Å². The van der Waals surface area contributed by atoms with E-state index in [0.29, 0.717) is 26.2 Å². The number of nitrogens with zero attached hydrogens (tertiary/aromatic N) is 4. The number of aliphatic imine (C=N–C) groups is 2. The molecule has 1 aromatic carbocycles. The third-order valence-corrected chi connectivity index (χ3v) is 3.53. The molecule has 1 aliphatic heterocycles. The Morgan fingerprint density at radius 3 is 2.08 bits per heavy atom. The SMILES string of the molecule is CC(=O)N1CCN(c2c(F)cc(N=C(N)N=C(N)N)cc2F)CC1. The predicted octanol–water partition coefficient (Wildman–Crippen LogP) is -0.147. The number of benzene rings is 1. The highest BCUT2D eigenvalue weighted by Gasteiger charge is 2.24. The largest absolute Gasteiger partial charge is 0.370 e. The van der Waals surface area contributed by atoms with Crippen molar-refractivity contribution in [1.82, 2.24) is 4.90 Å². The molecule has 1 heterocycles. The van der Waals surface area contributed by atoms with Gasteiger partial charge in [-0.15, -0.1) is 0 Å². The fourth-order valence-electron chi connectivity index (χ4n) is 2.45. The first-order valence-electron chi connectivity index (χ1n) is 7.21. The number of amides is 1. The lowest BCUT2D eigenvalue weighted by molar-refractivity contribution is -0.129. The van der Waals surface area contributed by atoms with Gasteiger partial charge in [-0.1, -0.05) is 0 Å². The van der Waals surface area contributed by atoms with Crippen LogP contribution in [0.3, 0.4) is 0 Å². The van der Waals surface area contributed by atoms with Gasteiger partial charge in [0.2, 0.25) is 11.9 Å². The molecular weight excluding hydrogens is 320 g/mol. The summed E-state index contributed by atoms with van der Waals surface area (Å²) in [7, 11) is 0. The highest BCUT2D eigenvalue weighted by Crippen LogP contribution is 2.29. The number of carbonyl (C=O) groups excluding carboxylic acids is 1. The third-order valence-electron chi connectivity index (χ3n) is 3.53. The van der Waals surface area contributed by atoms with Crippen molar-refractivity contribution in [3.05, 3.63) is 23.8 Å². The molecule has 0 atom stereocenters. The first-order valence-corrected chi connectivity index (χ1v) is 7.21. The molecule has 0 radical (unpaired) electrons. The second-order valence-electron chi connectivity index (χ2n) is 5.26. The van der Waals surface area contributed by atoms with Crippen LogP contribution >= 0.6 is 0 Å². The van der Waals surface area contributed by atoms with Gasteiger partial charge in [0.15, 0.2) is 17.6 Å². The van der Waals surface area contributed by atoms with E-state index in [9.17, 15) is 13.6 Å². The molecule has 24 heavy (non-hydrogen) atoms. The molecule has 8 nitrogen and oxygen atoms in total. The number of nitrogens with two attached hydrogens (primary N) is 3. The lowest BCUT2D eigenvalue weighted by Crippen LogP contribution is -2.48. The predicted molar refractivity (Wildman–Crippen MR) is 87.9 cm³/mol. The molecule has 130 valence electrons. The van der Waals surface area contributed by atoms with Gasteiger partial charge in [0.1, 0.15) is 5.69 Å². The zero-order valence-corrected chi connectivity index (χ0v) is 13.2. The van der Waals surface area contributed by atoms with Crippen molar-refractivity contribution in [3.8, 4) is 0 Å². The molecule has 10 heteroatoms. The van der Waals surface area contributed by atoms with Crippen LogP contribution in [-0.4, -0.2) is 48.9 Å². The Balaban J connectivity index is 2.22. The van der Waals surface area contributed by atoms with Gasteiger partial charge >= 0.3 is 0 Å². The molecule has 1 fully saturated rings. The maximum atomic E-state index is 14.3. The highest BCUT2D eigenvalue weighted by molar-refractivity contribution is 5.93. The molecule has 1 aliphatic rings. The molecular formula is C14H19F2N7O. The second-order valence-corrected chi connectivity index (χ2v) is 5.26. The van der Waals surface area contributed by atoms with Crippen molar-refractivity contribution in [2.45, 2.75) is 6.92 Å². The molecule has 0 aromatic heterocycles. The molecule has 0 saturated carbocycles. The maximum absolute atomic E-state index is 14.3. The Bertz CT molecular complexity index is 669. The van der Waals surface area contributed by atoms with E-state index in [-0.39, 0.29) is 29.2 Å². The Morgan fingerprint density at radius 1 is 1.08 bits per heavy atom. The van der Waals surface area contributed by atoms with Crippen LogP contribution in [-0.2, 0) is 4.79 Å². The normalized spacial score (nSPS) is 15.4. The third kappa shape index (κ3) is 4.09.